The lowest BCUT2D eigenvalue weighted by atomic mass is 10.0. The fraction of sp³-hybridized carbons (Fsp3) is 0.444. The number of rotatable bonds is 6. The van der Waals surface area contributed by atoms with Crippen LogP contribution in [0, 0.1) is 13.8 Å². The molecule has 0 saturated carbocycles. The minimum atomic E-state index is -0.0999. The van der Waals surface area contributed by atoms with Crippen molar-refractivity contribution in [2.24, 2.45) is 0 Å². The number of fused-ring (bicyclic) bond motifs is 1. The zero-order valence-corrected chi connectivity index (χ0v) is 13.6. The first-order valence-corrected chi connectivity index (χ1v) is 7.91. The smallest absolute Gasteiger partial charge is 0.251 e. The Balaban J connectivity index is 2.11. The molecule has 0 fully saturated rings. The lowest BCUT2D eigenvalue weighted by Gasteiger charge is -2.07. The second-order valence-electron chi connectivity index (χ2n) is 5.85. The molecule has 0 aliphatic heterocycles. The van der Waals surface area contributed by atoms with Crippen molar-refractivity contribution in [2.45, 2.75) is 46.5 Å². The number of carbonyl (C=O) groups is 1. The number of aromatic amines is 1. The first-order chi connectivity index (χ1) is 10.5. The summed E-state index contributed by atoms with van der Waals surface area (Å²) >= 11 is 0. The Bertz CT molecular complexity index is 732. The maximum absolute atomic E-state index is 12.1. The Hall–Kier alpha value is -2.10. The lowest BCUT2D eigenvalue weighted by Crippen LogP contribution is -2.25. The van der Waals surface area contributed by atoms with Crippen molar-refractivity contribution in [1.29, 1.82) is 0 Å². The molecule has 0 unspecified atom stereocenters. The number of hydrogen-bond acceptors (Lipinski definition) is 2. The Morgan fingerprint density at radius 1 is 1.18 bits per heavy atom. The average Bonchev–Trinajstić information content (AvgIpc) is 2.47. The van der Waals surface area contributed by atoms with Crippen LogP contribution in [0.3, 0.4) is 0 Å². The summed E-state index contributed by atoms with van der Waals surface area (Å²) in [5, 5.41) is 3.89. The Morgan fingerprint density at radius 2 is 1.91 bits per heavy atom. The number of amides is 1. The molecule has 0 saturated heterocycles. The van der Waals surface area contributed by atoms with Gasteiger partial charge in [-0.25, -0.2) is 0 Å². The molecular weight excluding hydrogens is 276 g/mol. The molecule has 22 heavy (non-hydrogen) atoms. The molecule has 0 radical (unpaired) electrons. The molecule has 1 aromatic carbocycles. The highest BCUT2D eigenvalue weighted by Crippen LogP contribution is 2.17. The SMILES string of the molecule is CCCCNC(=O)CCc1cc2cc(C)c(C)cc2[nH]c1=O. The van der Waals surface area contributed by atoms with Crippen molar-refractivity contribution in [3.63, 3.8) is 0 Å². The summed E-state index contributed by atoms with van der Waals surface area (Å²) in [5.74, 6) is 0.00744. The maximum Gasteiger partial charge on any atom is 0.251 e. The summed E-state index contributed by atoms with van der Waals surface area (Å²) in [4.78, 5) is 26.8. The van der Waals surface area contributed by atoms with Gasteiger partial charge in [-0.2, -0.15) is 0 Å². The molecule has 2 aromatic rings. The van der Waals surface area contributed by atoms with E-state index >= 15 is 0 Å². The van der Waals surface area contributed by atoms with Crippen LogP contribution in [-0.2, 0) is 11.2 Å². The number of unbranched alkanes of at least 4 members (excludes halogenated alkanes) is 1. The van der Waals surface area contributed by atoms with E-state index in [1.807, 2.05) is 19.1 Å². The van der Waals surface area contributed by atoms with E-state index in [0.29, 0.717) is 24.9 Å². The van der Waals surface area contributed by atoms with Gasteiger partial charge in [-0.15, -0.1) is 0 Å². The molecule has 4 heteroatoms. The molecule has 1 heterocycles. The number of H-pyrrole nitrogens is 1. The molecule has 1 aromatic heterocycles. The Labute approximate surface area is 130 Å². The van der Waals surface area contributed by atoms with Crippen LogP contribution in [0.4, 0.5) is 0 Å². The largest absolute Gasteiger partial charge is 0.356 e. The van der Waals surface area contributed by atoms with E-state index in [2.05, 4.69) is 30.2 Å². The number of hydrogen-bond donors (Lipinski definition) is 2. The summed E-state index contributed by atoms with van der Waals surface area (Å²) in [6.07, 6.45) is 2.86. The molecular formula is C18H24N2O2. The summed E-state index contributed by atoms with van der Waals surface area (Å²) in [6.45, 7) is 6.88. The third kappa shape index (κ3) is 3.97. The van der Waals surface area contributed by atoms with Crippen LogP contribution in [0.15, 0.2) is 23.0 Å². The van der Waals surface area contributed by atoms with Gasteiger partial charge in [0.1, 0.15) is 0 Å². The minimum absolute atomic E-state index is 0.00744. The zero-order valence-electron chi connectivity index (χ0n) is 13.6. The monoisotopic (exact) mass is 300 g/mol. The van der Waals surface area contributed by atoms with E-state index in [4.69, 9.17) is 0 Å². The average molecular weight is 300 g/mol. The molecule has 2 N–H and O–H groups in total. The summed E-state index contributed by atoms with van der Waals surface area (Å²) in [5.41, 5.74) is 3.77. The van der Waals surface area contributed by atoms with Crippen LogP contribution in [0.25, 0.3) is 10.9 Å². The van der Waals surface area contributed by atoms with E-state index in [0.717, 1.165) is 29.3 Å². The van der Waals surface area contributed by atoms with Gasteiger partial charge >= 0.3 is 0 Å². The van der Waals surface area contributed by atoms with Gasteiger partial charge in [0.2, 0.25) is 5.91 Å². The van der Waals surface area contributed by atoms with Gasteiger partial charge in [0.15, 0.2) is 0 Å². The number of carbonyl (C=O) groups excluding carboxylic acids is 1. The highest BCUT2D eigenvalue weighted by molar-refractivity contribution is 5.81. The first kappa shape index (κ1) is 16.3. The first-order valence-electron chi connectivity index (χ1n) is 7.91. The van der Waals surface area contributed by atoms with Gasteiger partial charge < -0.3 is 10.3 Å². The van der Waals surface area contributed by atoms with E-state index in [9.17, 15) is 9.59 Å². The summed E-state index contributed by atoms with van der Waals surface area (Å²) in [6, 6.07) is 5.97. The number of nitrogens with one attached hydrogen (secondary N) is 2. The maximum atomic E-state index is 12.1. The van der Waals surface area contributed by atoms with Crippen molar-refractivity contribution < 1.29 is 4.79 Å². The number of benzene rings is 1. The fourth-order valence-corrected chi connectivity index (χ4v) is 2.45. The van der Waals surface area contributed by atoms with Crippen molar-refractivity contribution in [1.82, 2.24) is 10.3 Å². The third-order valence-corrected chi connectivity index (χ3v) is 4.01. The van der Waals surface area contributed by atoms with Crippen LogP contribution < -0.4 is 10.9 Å². The van der Waals surface area contributed by atoms with Crippen molar-refractivity contribution in [3.05, 3.63) is 45.2 Å². The second kappa shape index (κ2) is 7.25. The van der Waals surface area contributed by atoms with Gasteiger partial charge in [0, 0.05) is 24.0 Å². The van der Waals surface area contributed by atoms with Gasteiger partial charge in [0.05, 0.1) is 0 Å². The predicted molar refractivity (Wildman–Crippen MR) is 90.3 cm³/mol. The molecule has 4 nitrogen and oxygen atoms in total. The number of pyridine rings is 1. The normalized spacial score (nSPS) is 10.9. The minimum Gasteiger partial charge on any atom is -0.356 e. The third-order valence-electron chi connectivity index (χ3n) is 4.01. The van der Waals surface area contributed by atoms with Gasteiger partial charge in [-0.1, -0.05) is 13.3 Å². The van der Waals surface area contributed by atoms with E-state index in [1.165, 1.54) is 5.56 Å². The number of aromatic nitrogens is 1. The lowest BCUT2D eigenvalue weighted by molar-refractivity contribution is -0.121. The van der Waals surface area contributed by atoms with Crippen LogP contribution in [-0.4, -0.2) is 17.4 Å². The van der Waals surface area contributed by atoms with Gasteiger partial charge in [-0.3, -0.25) is 9.59 Å². The van der Waals surface area contributed by atoms with Crippen molar-refractivity contribution >= 4 is 16.8 Å². The molecule has 0 aliphatic rings. The van der Waals surface area contributed by atoms with Gasteiger partial charge in [-0.05, 0) is 61.4 Å². The number of aryl methyl sites for hydroxylation is 3. The Kier molecular flexibility index (Phi) is 5.36. The van der Waals surface area contributed by atoms with Crippen LogP contribution in [0.1, 0.15) is 42.9 Å². The molecule has 0 spiro atoms. The molecule has 0 bridgehead atoms. The summed E-state index contributed by atoms with van der Waals surface area (Å²) in [7, 11) is 0. The van der Waals surface area contributed by atoms with Crippen LogP contribution in [0.5, 0.6) is 0 Å². The van der Waals surface area contributed by atoms with Crippen LogP contribution >= 0.6 is 0 Å². The highest BCUT2D eigenvalue weighted by atomic mass is 16.1. The van der Waals surface area contributed by atoms with Crippen molar-refractivity contribution in [2.75, 3.05) is 6.54 Å². The molecule has 0 aliphatic carbocycles. The second-order valence-corrected chi connectivity index (χ2v) is 5.85. The fourth-order valence-electron chi connectivity index (χ4n) is 2.45. The molecule has 1 amide bonds. The van der Waals surface area contributed by atoms with E-state index in [-0.39, 0.29) is 11.5 Å². The molecule has 2 rings (SSSR count). The molecule has 0 atom stereocenters. The van der Waals surface area contributed by atoms with E-state index in [1.54, 1.807) is 0 Å². The Morgan fingerprint density at radius 3 is 2.64 bits per heavy atom. The zero-order chi connectivity index (χ0) is 16.1. The predicted octanol–water partition coefficient (Wildman–Crippen LogP) is 2.99. The summed E-state index contributed by atoms with van der Waals surface area (Å²) < 4.78 is 0. The standard InChI is InChI=1S/C18H24N2O2/c1-4-5-8-19-17(21)7-6-14-11-15-9-12(2)13(3)10-16(15)20-18(14)22/h9-11H,4-8H2,1-3H3,(H,19,21)(H,20,22). The molecule has 118 valence electrons. The van der Waals surface area contributed by atoms with E-state index < -0.39 is 0 Å². The quantitative estimate of drug-likeness (QED) is 0.806. The van der Waals surface area contributed by atoms with Crippen LogP contribution in [0.2, 0.25) is 0 Å². The van der Waals surface area contributed by atoms with Crippen molar-refractivity contribution in [3.8, 4) is 0 Å². The van der Waals surface area contributed by atoms with Gasteiger partial charge in [0.25, 0.3) is 5.56 Å². The highest BCUT2D eigenvalue weighted by Gasteiger charge is 2.07. The topological polar surface area (TPSA) is 62.0 Å².